The van der Waals surface area contributed by atoms with Gasteiger partial charge in [-0.05, 0) is 56.7 Å². The van der Waals surface area contributed by atoms with Crippen LogP contribution >= 0.6 is 11.6 Å². The Morgan fingerprint density at radius 3 is 2.81 bits per heavy atom. The largest absolute Gasteiger partial charge is 0.378 e. The van der Waals surface area contributed by atoms with Crippen LogP contribution in [0, 0.1) is 11.7 Å². The van der Waals surface area contributed by atoms with Crippen LogP contribution in [0.5, 0.6) is 0 Å². The Hall–Kier alpha value is -0.640. The van der Waals surface area contributed by atoms with Crippen LogP contribution in [-0.4, -0.2) is 25.3 Å². The van der Waals surface area contributed by atoms with Gasteiger partial charge in [0, 0.05) is 12.6 Å². The molecule has 1 aromatic carbocycles. The van der Waals surface area contributed by atoms with Crippen LogP contribution in [0.1, 0.15) is 38.7 Å². The summed E-state index contributed by atoms with van der Waals surface area (Å²) >= 11 is 5.86. The summed E-state index contributed by atoms with van der Waals surface area (Å²) in [5.41, 5.74) is 0.703. The van der Waals surface area contributed by atoms with Crippen molar-refractivity contribution in [2.75, 3.05) is 13.2 Å². The van der Waals surface area contributed by atoms with Crippen LogP contribution in [0.2, 0.25) is 5.02 Å². The summed E-state index contributed by atoms with van der Waals surface area (Å²) in [6.45, 7) is 5.82. The topological polar surface area (TPSA) is 21.3 Å². The predicted molar refractivity (Wildman–Crippen MR) is 85.3 cm³/mol. The van der Waals surface area contributed by atoms with E-state index in [9.17, 15) is 4.39 Å². The van der Waals surface area contributed by atoms with Crippen molar-refractivity contribution in [2.45, 2.75) is 51.7 Å². The van der Waals surface area contributed by atoms with Gasteiger partial charge in [0.15, 0.2) is 0 Å². The molecule has 1 unspecified atom stereocenters. The second-order valence-electron chi connectivity index (χ2n) is 5.82. The molecule has 0 radical (unpaired) electrons. The number of ether oxygens (including phenoxy) is 1. The van der Waals surface area contributed by atoms with Crippen molar-refractivity contribution >= 4 is 11.6 Å². The van der Waals surface area contributed by atoms with Gasteiger partial charge in [-0.2, -0.15) is 0 Å². The van der Waals surface area contributed by atoms with Crippen molar-refractivity contribution in [3.05, 3.63) is 34.6 Å². The van der Waals surface area contributed by atoms with Crippen molar-refractivity contribution in [3.63, 3.8) is 0 Å². The first-order valence-electron chi connectivity index (χ1n) is 7.91. The fourth-order valence-electron chi connectivity index (χ4n) is 3.14. The average Bonchev–Trinajstić information content (AvgIpc) is 2.42. The summed E-state index contributed by atoms with van der Waals surface area (Å²) in [6, 6.07) is 5.55. The monoisotopic (exact) mass is 313 g/mol. The molecule has 0 saturated heterocycles. The Morgan fingerprint density at radius 2 is 2.14 bits per heavy atom. The summed E-state index contributed by atoms with van der Waals surface area (Å²) in [6.07, 6.45) is 4.46. The molecule has 1 aliphatic carbocycles. The minimum atomic E-state index is -0.275. The highest BCUT2D eigenvalue weighted by Gasteiger charge is 2.31. The molecule has 1 aromatic rings. The Morgan fingerprint density at radius 1 is 1.38 bits per heavy atom. The zero-order valence-electron chi connectivity index (χ0n) is 12.9. The summed E-state index contributed by atoms with van der Waals surface area (Å²) in [4.78, 5) is 0. The molecule has 1 N–H and O–H groups in total. The molecule has 118 valence electrons. The maximum Gasteiger partial charge on any atom is 0.145 e. The summed E-state index contributed by atoms with van der Waals surface area (Å²) in [7, 11) is 0. The van der Waals surface area contributed by atoms with Gasteiger partial charge >= 0.3 is 0 Å². The van der Waals surface area contributed by atoms with Gasteiger partial charge in [-0.15, -0.1) is 0 Å². The van der Waals surface area contributed by atoms with E-state index in [1.807, 2.05) is 19.1 Å². The zero-order valence-corrected chi connectivity index (χ0v) is 13.6. The molecular formula is C17H25ClFNO. The fraction of sp³-hybridized carbons (Fsp3) is 0.647. The summed E-state index contributed by atoms with van der Waals surface area (Å²) < 4.78 is 19.6. The van der Waals surface area contributed by atoms with E-state index in [2.05, 4.69) is 12.2 Å². The van der Waals surface area contributed by atoms with E-state index < -0.39 is 0 Å². The van der Waals surface area contributed by atoms with Crippen molar-refractivity contribution in [1.29, 1.82) is 0 Å². The minimum Gasteiger partial charge on any atom is -0.378 e. The van der Waals surface area contributed by atoms with Crippen LogP contribution in [0.25, 0.3) is 0 Å². The smallest absolute Gasteiger partial charge is 0.145 e. The molecule has 1 saturated carbocycles. The molecule has 2 rings (SSSR count). The standard InChI is InChI=1S/C17H25ClFNO/c1-3-20-14(8-12-9-15(10-12)21-4-2)11-13-6-5-7-16(18)17(13)19/h5-7,12,14-15,20H,3-4,8-11H2,1-2H3. The molecule has 0 aromatic heterocycles. The molecule has 21 heavy (non-hydrogen) atoms. The molecule has 1 fully saturated rings. The number of hydrogen-bond donors (Lipinski definition) is 1. The first-order chi connectivity index (χ1) is 10.1. The van der Waals surface area contributed by atoms with Crippen molar-refractivity contribution in [1.82, 2.24) is 5.32 Å². The Bertz CT molecular complexity index is 448. The van der Waals surface area contributed by atoms with Gasteiger partial charge in [-0.3, -0.25) is 0 Å². The first-order valence-corrected chi connectivity index (χ1v) is 8.29. The fourth-order valence-corrected chi connectivity index (χ4v) is 3.33. The van der Waals surface area contributed by atoms with Gasteiger partial charge in [0.2, 0.25) is 0 Å². The minimum absolute atomic E-state index is 0.211. The molecule has 0 aliphatic heterocycles. The van der Waals surface area contributed by atoms with Gasteiger partial charge in [0.1, 0.15) is 5.82 Å². The van der Waals surface area contributed by atoms with E-state index in [4.69, 9.17) is 16.3 Å². The summed E-state index contributed by atoms with van der Waals surface area (Å²) in [5.74, 6) is 0.413. The third kappa shape index (κ3) is 4.67. The number of hydrogen-bond acceptors (Lipinski definition) is 2. The summed E-state index contributed by atoms with van der Waals surface area (Å²) in [5, 5.41) is 3.68. The third-order valence-electron chi connectivity index (χ3n) is 4.20. The molecular weight excluding hydrogens is 289 g/mol. The number of rotatable bonds is 8. The maximum absolute atomic E-state index is 14.0. The highest BCUT2D eigenvalue weighted by Crippen LogP contribution is 2.34. The van der Waals surface area contributed by atoms with Crippen molar-refractivity contribution in [3.8, 4) is 0 Å². The highest BCUT2D eigenvalue weighted by molar-refractivity contribution is 6.30. The number of benzene rings is 1. The lowest BCUT2D eigenvalue weighted by atomic mass is 9.77. The highest BCUT2D eigenvalue weighted by atomic mass is 35.5. The van der Waals surface area contributed by atoms with Gasteiger partial charge in [0.05, 0.1) is 11.1 Å². The lowest BCUT2D eigenvalue weighted by Gasteiger charge is -2.37. The SMILES string of the molecule is CCNC(Cc1cccc(Cl)c1F)CC1CC(OCC)C1. The average molecular weight is 314 g/mol. The lowest BCUT2D eigenvalue weighted by Crippen LogP contribution is -2.39. The van der Waals surface area contributed by atoms with E-state index in [1.165, 1.54) is 0 Å². The van der Waals surface area contributed by atoms with Crippen LogP contribution < -0.4 is 5.32 Å². The predicted octanol–water partition coefficient (Wildman–Crippen LogP) is 4.20. The lowest BCUT2D eigenvalue weighted by molar-refractivity contribution is -0.0290. The second kappa shape index (κ2) is 8.11. The molecule has 0 spiro atoms. The molecule has 0 amide bonds. The van der Waals surface area contributed by atoms with Crippen LogP contribution in [-0.2, 0) is 11.2 Å². The van der Waals surface area contributed by atoms with E-state index in [0.717, 1.165) is 32.4 Å². The quantitative estimate of drug-likeness (QED) is 0.776. The van der Waals surface area contributed by atoms with Crippen LogP contribution in [0.15, 0.2) is 18.2 Å². The number of likely N-dealkylation sites (N-methyl/N-ethyl adjacent to an activating group) is 1. The molecule has 1 aliphatic rings. The molecule has 4 heteroatoms. The molecule has 0 heterocycles. The second-order valence-corrected chi connectivity index (χ2v) is 6.23. The molecule has 1 atom stereocenters. The van der Waals surface area contributed by atoms with E-state index in [0.29, 0.717) is 30.0 Å². The van der Waals surface area contributed by atoms with Gasteiger partial charge in [0.25, 0.3) is 0 Å². The van der Waals surface area contributed by atoms with Crippen LogP contribution in [0.3, 0.4) is 0 Å². The Balaban J connectivity index is 1.89. The molecule has 2 nitrogen and oxygen atoms in total. The normalized spacial score (nSPS) is 22.9. The first kappa shape index (κ1) is 16.7. The van der Waals surface area contributed by atoms with Crippen LogP contribution in [0.4, 0.5) is 4.39 Å². The van der Waals surface area contributed by atoms with E-state index >= 15 is 0 Å². The number of halogens is 2. The van der Waals surface area contributed by atoms with Crippen molar-refractivity contribution < 1.29 is 9.13 Å². The van der Waals surface area contributed by atoms with Crippen molar-refractivity contribution in [2.24, 2.45) is 5.92 Å². The third-order valence-corrected chi connectivity index (χ3v) is 4.50. The number of nitrogens with one attached hydrogen (secondary N) is 1. The zero-order chi connectivity index (χ0) is 15.2. The van der Waals surface area contributed by atoms with Gasteiger partial charge < -0.3 is 10.1 Å². The van der Waals surface area contributed by atoms with E-state index in [1.54, 1.807) is 6.07 Å². The molecule has 0 bridgehead atoms. The Labute approximate surface area is 132 Å². The Kier molecular flexibility index (Phi) is 6.46. The van der Waals surface area contributed by atoms with E-state index in [-0.39, 0.29) is 10.8 Å². The maximum atomic E-state index is 14.0. The van der Waals surface area contributed by atoms with Gasteiger partial charge in [-0.1, -0.05) is 30.7 Å². The van der Waals surface area contributed by atoms with Gasteiger partial charge in [-0.25, -0.2) is 4.39 Å².